The molecule has 5 fully saturated rings. The monoisotopic (exact) mass is 959 g/mol. The fourth-order valence-corrected chi connectivity index (χ4v) is 9.88. The van der Waals surface area contributed by atoms with Crippen molar-refractivity contribution in [3.8, 4) is 0 Å². The molecule has 7 N–H and O–H groups in total. The first-order valence-electron chi connectivity index (χ1n) is 23.3. The van der Waals surface area contributed by atoms with E-state index in [2.05, 4.69) is 10.6 Å². The minimum absolute atomic E-state index is 0.000875. The summed E-state index contributed by atoms with van der Waals surface area (Å²) in [5.74, 6) is -3.69. The number of rotatable bonds is 18. The van der Waals surface area contributed by atoms with Gasteiger partial charge in [0.1, 0.15) is 59.8 Å². The van der Waals surface area contributed by atoms with Crippen molar-refractivity contribution in [2.75, 3.05) is 26.4 Å². The lowest BCUT2D eigenvalue weighted by Gasteiger charge is -2.48. The van der Waals surface area contributed by atoms with Crippen LogP contribution in [0.1, 0.15) is 68.7 Å². The molecule has 19 nitrogen and oxygen atoms in total. The summed E-state index contributed by atoms with van der Waals surface area (Å²) >= 11 is 0. The quantitative estimate of drug-likeness (QED) is 0.0881. The second-order valence-electron chi connectivity index (χ2n) is 18.9. The van der Waals surface area contributed by atoms with Crippen LogP contribution in [-0.4, -0.2) is 154 Å². The average Bonchev–Trinajstić information content (AvgIpc) is 3.92. The maximum Gasteiger partial charge on any atom is 0.327 e. The van der Waals surface area contributed by atoms with Crippen LogP contribution in [-0.2, 0) is 64.8 Å². The molecule has 3 aromatic carbocycles. The number of hydroxylamine groups is 2. The summed E-state index contributed by atoms with van der Waals surface area (Å²) in [5, 5.41) is 57.4. The standard InChI is InChI=1S/C50H61N3O16/c1-48(2,3)66-37(57)21-20-33(27-54)52-36(56)22-23-51-47(62)49-25-34-41-42(68-50(67-41,31-16-6-4-7-17-31)32-18-8-5-9-19-32)44(49)69-53(43(49)45(61)64-34)26-30-14-11-10-13-29(30)15-12-24-63-46-40(60)39(59)38(58)35(28-55)65-46/h4-19,33-35,38-44,46,54-55,58-60H,20-28H2,1-3H3,(H,51,62)(H,52,56)/t33-,34+,35+,38-,39-,40+,41-,42-,43-,44+,46-,49-/m0/s1. The van der Waals surface area contributed by atoms with E-state index >= 15 is 4.79 Å². The van der Waals surface area contributed by atoms with Gasteiger partial charge in [0, 0.05) is 36.9 Å². The van der Waals surface area contributed by atoms with Crippen LogP contribution in [0.5, 0.6) is 0 Å². The Hall–Kier alpha value is -5.16. The van der Waals surface area contributed by atoms with Crippen LogP contribution in [0.2, 0.25) is 0 Å². The molecule has 1 aliphatic carbocycles. The Morgan fingerprint density at radius 1 is 0.884 bits per heavy atom. The molecule has 2 amide bonds. The summed E-state index contributed by atoms with van der Waals surface area (Å²) in [6.45, 7) is 3.96. The number of nitrogens with zero attached hydrogens (tertiary/aromatic N) is 1. The number of aliphatic hydroxyl groups is 5. The molecule has 1 saturated carbocycles. The van der Waals surface area contributed by atoms with E-state index in [1.54, 1.807) is 39.0 Å². The molecular weight excluding hydrogens is 899 g/mol. The van der Waals surface area contributed by atoms with Crippen LogP contribution in [0.3, 0.4) is 0 Å². The predicted molar refractivity (Wildman–Crippen MR) is 241 cm³/mol. The van der Waals surface area contributed by atoms with E-state index in [-0.39, 0.29) is 45.4 Å². The molecule has 0 aromatic heterocycles. The Labute approximate surface area is 399 Å². The third-order valence-corrected chi connectivity index (χ3v) is 13.1. The fraction of sp³-hybridized carbons (Fsp3) is 0.520. The third-order valence-electron chi connectivity index (χ3n) is 13.1. The molecule has 5 aliphatic rings. The summed E-state index contributed by atoms with van der Waals surface area (Å²) < 4.78 is 36.7. The smallest absolute Gasteiger partial charge is 0.327 e. The molecule has 19 heteroatoms. The SMILES string of the molecule is CC(C)(C)OC(=O)CC[C@@H](CO)NC(=O)CCNC(=O)[C@@]12C[C@H]3OC(=O)[C@@H]1N(Cc1ccccc1C=CCO[C@H]1O[C@H](CO)[C@H](O)[C@H](O)[C@H]1O)O[C@@H]2[C@H]1OC(c2ccccc2)(c2ccccc2)O[C@H]13. The number of hydrogen-bond acceptors (Lipinski definition) is 17. The first-order valence-corrected chi connectivity index (χ1v) is 23.3. The van der Waals surface area contributed by atoms with Crippen LogP contribution in [0.4, 0.5) is 0 Å². The van der Waals surface area contributed by atoms with Crippen LogP contribution < -0.4 is 10.6 Å². The molecule has 0 radical (unpaired) electrons. The zero-order chi connectivity index (χ0) is 49.1. The van der Waals surface area contributed by atoms with Gasteiger partial charge in [-0.15, -0.1) is 0 Å². The van der Waals surface area contributed by atoms with Gasteiger partial charge in [-0.1, -0.05) is 97.1 Å². The number of esters is 2. The Balaban J connectivity index is 1.04. The van der Waals surface area contributed by atoms with E-state index in [4.69, 9.17) is 33.3 Å². The minimum Gasteiger partial charge on any atom is -0.460 e. The van der Waals surface area contributed by atoms with Gasteiger partial charge >= 0.3 is 11.9 Å². The van der Waals surface area contributed by atoms with Crippen LogP contribution in [0, 0.1) is 5.41 Å². The molecule has 0 unspecified atom stereocenters. The molecular formula is C50H61N3O16. The predicted octanol–water partition coefficient (Wildman–Crippen LogP) is 1.11. The zero-order valence-electron chi connectivity index (χ0n) is 38.6. The lowest BCUT2D eigenvalue weighted by molar-refractivity contribution is -0.298. The molecule has 2 bridgehead atoms. The molecule has 69 heavy (non-hydrogen) atoms. The van der Waals surface area contributed by atoms with Crippen LogP contribution >= 0.6 is 0 Å². The maximum atomic E-state index is 15.0. The van der Waals surface area contributed by atoms with Crippen molar-refractivity contribution in [2.45, 2.75) is 132 Å². The number of ether oxygens (including phenoxy) is 6. The van der Waals surface area contributed by atoms with Crippen LogP contribution in [0.15, 0.2) is 91.0 Å². The van der Waals surface area contributed by atoms with Crippen molar-refractivity contribution in [2.24, 2.45) is 5.41 Å². The van der Waals surface area contributed by atoms with E-state index in [0.717, 1.165) is 0 Å². The van der Waals surface area contributed by atoms with Crippen molar-refractivity contribution in [3.05, 3.63) is 113 Å². The van der Waals surface area contributed by atoms with Gasteiger partial charge < -0.3 is 64.6 Å². The van der Waals surface area contributed by atoms with Gasteiger partial charge in [-0.2, -0.15) is 5.06 Å². The number of aliphatic hydroxyl groups excluding tert-OH is 5. The van der Waals surface area contributed by atoms with E-state index in [1.165, 1.54) is 5.06 Å². The topological polar surface area (TPSA) is 261 Å². The first-order chi connectivity index (χ1) is 33.1. The van der Waals surface area contributed by atoms with Gasteiger partial charge in [-0.25, -0.2) is 0 Å². The molecule has 8 rings (SSSR count). The second kappa shape index (κ2) is 21.1. The number of fused-ring (bicyclic) bond motifs is 4. The lowest BCUT2D eigenvalue weighted by atomic mass is 9.62. The molecule has 0 spiro atoms. The van der Waals surface area contributed by atoms with Crippen molar-refractivity contribution in [1.29, 1.82) is 0 Å². The number of hydrogen-bond donors (Lipinski definition) is 7. The van der Waals surface area contributed by atoms with Gasteiger partial charge in [-0.3, -0.25) is 24.0 Å². The van der Waals surface area contributed by atoms with Crippen molar-refractivity contribution < 1.29 is 78.0 Å². The number of nitrogens with one attached hydrogen (secondary N) is 2. The molecule has 4 aliphatic heterocycles. The third kappa shape index (κ3) is 10.4. The number of benzene rings is 3. The Bertz CT molecular complexity index is 2270. The summed E-state index contributed by atoms with van der Waals surface area (Å²) in [4.78, 5) is 61.8. The Morgan fingerprint density at radius 3 is 2.22 bits per heavy atom. The maximum absolute atomic E-state index is 15.0. The average molecular weight is 960 g/mol. The second-order valence-corrected chi connectivity index (χ2v) is 18.9. The number of amides is 2. The molecule has 3 aromatic rings. The largest absolute Gasteiger partial charge is 0.460 e. The van der Waals surface area contributed by atoms with E-state index < -0.39 is 121 Å². The fourth-order valence-electron chi connectivity index (χ4n) is 9.88. The van der Waals surface area contributed by atoms with Gasteiger partial charge in [0.05, 0.1) is 32.4 Å². The Morgan fingerprint density at radius 2 is 1.55 bits per heavy atom. The van der Waals surface area contributed by atoms with Gasteiger partial charge in [0.15, 0.2) is 12.3 Å². The summed E-state index contributed by atoms with van der Waals surface area (Å²) in [7, 11) is 0. The van der Waals surface area contributed by atoms with E-state index in [9.17, 15) is 39.9 Å². The highest BCUT2D eigenvalue weighted by molar-refractivity contribution is 5.94. The molecule has 12 atom stereocenters. The zero-order valence-corrected chi connectivity index (χ0v) is 38.6. The van der Waals surface area contributed by atoms with Crippen molar-refractivity contribution in [1.82, 2.24) is 15.7 Å². The summed E-state index contributed by atoms with van der Waals surface area (Å²) in [6.07, 6.45) is -7.72. The summed E-state index contributed by atoms with van der Waals surface area (Å²) in [6, 6.07) is 23.9. The highest BCUT2D eigenvalue weighted by Crippen LogP contribution is 2.59. The number of carbonyl (C=O) groups is 4. The van der Waals surface area contributed by atoms with Crippen molar-refractivity contribution >= 4 is 29.8 Å². The van der Waals surface area contributed by atoms with Gasteiger partial charge in [0.25, 0.3) is 0 Å². The number of carbonyl (C=O) groups excluding carboxylic acids is 4. The normalized spacial score (nSPS) is 30.9. The molecule has 4 heterocycles. The lowest BCUT2D eigenvalue weighted by Crippen LogP contribution is -2.69. The molecule has 4 saturated heterocycles. The summed E-state index contributed by atoms with van der Waals surface area (Å²) in [5.41, 5.74) is 0.412. The first kappa shape index (κ1) is 50.2. The molecule has 372 valence electrons. The minimum atomic E-state index is -1.60. The van der Waals surface area contributed by atoms with Crippen molar-refractivity contribution in [3.63, 3.8) is 0 Å². The van der Waals surface area contributed by atoms with Crippen LogP contribution in [0.25, 0.3) is 6.08 Å². The van der Waals surface area contributed by atoms with E-state index in [1.807, 2.05) is 78.9 Å². The Kier molecular flexibility index (Phi) is 15.3. The highest BCUT2D eigenvalue weighted by atomic mass is 16.8. The highest BCUT2D eigenvalue weighted by Gasteiger charge is 2.76. The van der Waals surface area contributed by atoms with E-state index in [0.29, 0.717) is 22.3 Å². The van der Waals surface area contributed by atoms with Gasteiger partial charge in [-0.05, 0) is 38.3 Å². The van der Waals surface area contributed by atoms with Gasteiger partial charge in [0.2, 0.25) is 17.6 Å².